The second-order valence-electron chi connectivity index (χ2n) is 5.64. The number of halogens is 3. The van der Waals surface area contributed by atoms with Crippen molar-refractivity contribution in [3.05, 3.63) is 42.0 Å². The Labute approximate surface area is 154 Å². The Hall–Kier alpha value is -2.88. The number of alkyl halides is 3. The van der Waals surface area contributed by atoms with Crippen LogP contribution in [0.2, 0.25) is 0 Å². The second kappa shape index (κ2) is 9.17. The van der Waals surface area contributed by atoms with E-state index >= 15 is 0 Å². The molecule has 0 radical (unpaired) electrons. The maximum atomic E-state index is 11.7. The van der Waals surface area contributed by atoms with Crippen LogP contribution in [0.4, 0.5) is 18.9 Å². The standard InChI is InChI=1S/C15H20N4O.C2HF3O2/c1-4-14(16)15(20)18-12-5-7-13(8-6-12)19-9-17-10(2)11(19)3;3-2(4,5)1(6)7/h5-9,14H,4,16H2,1-3H3,(H,18,20);(H,6,7)/t14-;/m0./s1. The van der Waals surface area contributed by atoms with E-state index in [1.165, 1.54) is 0 Å². The summed E-state index contributed by atoms with van der Waals surface area (Å²) < 4.78 is 33.7. The van der Waals surface area contributed by atoms with Crippen LogP contribution in [0.3, 0.4) is 0 Å². The van der Waals surface area contributed by atoms with Crippen molar-refractivity contribution in [2.45, 2.75) is 39.4 Å². The number of amides is 1. The van der Waals surface area contributed by atoms with Gasteiger partial charge in [-0.05, 0) is 44.5 Å². The molecule has 0 saturated carbocycles. The number of aliphatic carboxylic acids is 1. The number of rotatable bonds is 4. The Balaban J connectivity index is 0.000000445. The van der Waals surface area contributed by atoms with Gasteiger partial charge in [-0.2, -0.15) is 13.2 Å². The molecule has 1 aromatic carbocycles. The maximum Gasteiger partial charge on any atom is 0.490 e. The molecule has 0 aliphatic carbocycles. The molecule has 2 rings (SSSR count). The van der Waals surface area contributed by atoms with Crippen molar-refractivity contribution < 1.29 is 27.9 Å². The number of carbonyl (C=O) groups is 2. The average molecular weight is 386 g/mol. The smallest absolute Gasteiger partial charge is 0.475 e. The molecule has 4 N–H and O–H groups in total. The van der Waals surface area contributed by atoms with E-state index in [1.54, 1.807) is 6.33 Å². The summed E-state index contributed by atoms with van der Waals surface area (Å²) in [7, 11) is 0. The molecule has 10 heteroatoms. The molecular weight excluding hydrogens is 365 g/mol. The van der Waals surface area contributed by atoms with E-state index in [2.05, 4.69) is 10.3 Å². The number of nitrogens with two attached hydrogens (primary N) is 1. The van der Waals surface area contributed by atoms with Gasteiger partial charge in [-0.25, -0.2) is 9.78 Å². The normalized spacial score (nSPS) is 12.0. The Morgan fingerprint density at radius 2 is 1.78 bits per heavy atom. The molecule has 0 bridgehead atoms. The van der Waals surface area contributed by atoms with Crippen LogP contribution in [-0.4, -0.2) is 38.8 Å². The molecule has 1 heterocycles. The number of carbonyl (C=O) groups excluding carboxylic acids is 1. The van der Waals surface area contributed by atoms with Gasteiger partial charge in [0.1, 0.15) is 0 Å². The van der Waals surface area contributed by atoms with Crippen LogP contribution in [0.15, 0.2) is 30.6 Å². The third kappa shape index (κ3) is 6.41. The predicted octanol–water partition coefficient (Wildman–Crippen LogP) is 2.80. The number of carboxylic acid groups (broad SMARTS) is 1. The van der Waals surface area contributed by atoms with Crippen molar-refractivity contribution in [3.8, 4) is 5.69 Å². The molecule has 1 aromatic heterocycles. The monoisotopic (exact) mass is 386 g/mol. The first-order chi connectivity index (χ1) is 12.5. The summed E-state index contributed by atoms with van der Waals surface area (Å²) in [5.41, 5.74) is 9.56. The lowest BCUT2D eigenvalue weighted by atomic mass is 10.2. The summed E-state index contributed by atoms with van der Waals surface area (Å²) in [5, 5.41) is 9.93. The molecule has 7 nitrogen and oxygen atoms in total. The summed E-state index contributed by atoms with van der Waals surface area (Å²) in [6.07, 6.45) is -2.66. The lowest BCUT2D eigenvalue weighted by molar-refractivity contribution is -0.192. The largest absolute Gasteiger partial charge is 0.490 e. The van der Waals surface area contributed by atoms with Gasteiger partial charge in [0.15, 0.2) is 0 Å². The molecule has 27 heavy (non-hydrogen) atoms. The van der Waals surface area contributed by atoms with Gasteiger partial charge in [-0.15, -0.1) is 0 Å². The van der Waals surface area contributed by atoms with Crippen LogP contribution in [0.5, 0.6) is 0 Å². The van der Waals surface area contributed by atoms with Gasteiger partial charge in [-0.1, -0.05) is 6.92 Å². The topological polar surface area (TPSA) is 110 Å². The SMILES string of the molecule is CC[C@H](N)C(=O)Nc1ccc(-n2cnc(C)c2C)cc1.O=C(O)C(F)(F)F. The summed E-state index contributed by atoms with van der Waals surface area (Å²) in [4.78, 5) is 24.9. The van der Waals surface area contributed by atoms with Crippen LogP contribution in [0.25, 0.3) is 5.69 Å². The van der Waals surface area contributed by atoms with Crippen LogP contribution in [-0.2, 0) is 9.59 Å². The third-order valence-corrected chi connectivity index (χ3v) is 3.68. The zero-order valence-electron chi connectivity index (χ0n) is 15.0. The lowest BCUT2D eigenvalue weighted by Gasteiger charge is -2.11. The van der Waals surface area contributed by atoms with Gasteiger partial charge in [0.25, 0.3) is 0 Å². The molecule has 0 aliphatic rings. The van der Waals surface area contributed by atoms with Crippen molar-refractivity contribution in [2.75, 3.05) is 5.32 Å². The quantitative estimate of drug-likeness (QED) is 0.748. The number of benzene rings is 1. The first kappa shape index (κ1) is 22.2. The summed E-state index contributed by atoms with van der Waals surface area (Å²) >= 11 is 0. The number of nitrogens with one attached hydrogen (secondary N) is 1. The van der Waals surface area contributed by atoms with Crippen molar-refractivity contribution in [3.63, 3.8) is 0 Å². The molecule has 1 amide bonds. The minimum absolute atomic E-state index is 0.157. The Morgan fingerprint density at radius 3 is 2.15 bits per heavy atom. The maximum absolute atomic E-state index is 11.7. The number of nitrogens with zero attached hydrogens (tertiary/aromatic N) is 2. The van der Waals surface area contributed by atoms with Gasteiger partial charge >= 0.3 is 12.1 Å². The number of hydrogen-bond donors (Lipinski definition) is 3. The first-order valence-corrected chi connectivity index (χ1v) is 7.94. The van der Waals surface area contributed by atoms with Gasteiger partial charge < -0.3 is 20.7 Å². The zero-order valence-corrected chi connectivity index (χ0v) is 15.0. The van der Waals surface area contributed by atoms with Gasteiger partial charge in [-0.3, -0.25) is 4.79 Å². The fourth-order valence-electron chi connectivity index (χ4n) is 1.88. The zero-order chi connectivity index (χ0) is 20.8. The number of carboxylic acids is 1. The summed E-state index contributed by atoms with van der Waals surface area (Å²) in [6, 6.07) is 7.16. The first-order valence-electron chi connectivity index (χ1n) is 7.94. The van der Waals surface area contributed by atoms with Crippen LogP contribution in [0.1, 0.15) is 24.7 Å². The van der Waals surface area contributed by atoms with Gasteiger partial charge in [0.2, 0.25) is 5.91 Å². The van der Waals surface area contributed by atoms with Crippen LogP contribution < -0.4 is 11.1 Å². The number of aromatic nitrogens is 2. The lowest BCUT2D eigenvalue weighted by Crippen LogP contribution is -2.34. The van der Waals surface area contributed by atoms with Crippen molar-refractivity contribution in [1.82, 2.24) is 9.55 Å². The van der Waals surface area contributed by atoms with Crippen molar-refractivity contribution in [2.24, 2.45) is 5.73 Å². The minimum atomic E-state index is -5.08. The number of anilines is 1. The molecular formula is C17H21F3N4O3. The second-order valence-corrected chi connectivity index (χ2v) is 5.64. The van der Waals surface area contributed by atoms with E-state index in [-0.39, 0.29) is 5.91 Å². The van der Waals surface area contributed by atoms with Crippen molar-refractivity contribution >= 4 is 17.6 Å². The highest BCUT2D eigenvalue weighted by molar-refractivity contribution is 5.94. The van der Waals surface area contributed by atoms with Crippen LogP contribution in [0, 0.1) is 13.8 Å². The highest BCUT2D eigenvalue weighted by Crippen LogP contribution is 2.17. The number of aryl methyl sites for hydroxylation is 1. The average Bonchev–Trinajstić information content (AvgIpc) is 2.93. The van der Waals surface area contributed by atoms with Gasteiger partial charge in [0.05, 0.1) is 18.1 Å². The van der Waals surface area contributed by atoms with E-state index in [4.69, 9.17) is 15.6 Å². The highest BCUT2D eigenvalue weighted by atomic mass is 19.4. The fraction of sp³-hybridized carbons (Fsp3) is 0.353. The Kier molecular flexibility index (Phi) is 7.53. The highest BCUT2D eigenvalue weighted by Gasteiger charge is 2.38. The third-order valence-electron chi connectivity index (χ3n) is 3.68. The molecule has 0 aliphatic heterocycles. The van der Waals surface area contributed by atoms with E-state index < -0.39 is 18.2 Å². The molecule has 0 unspecified atom stereocenters. The molecule has 148 valence electrons. The fourth-order valence-corrected chi connectivity index (χ4v) is 1.88. The minimum Gasteiger partial charge on any atom is -0.475 e. The van der Waals surface area contributed by atoms with E-state index in [0.717, 1.165) is 22.8 Å². The summed E-state index contributed by atoms with van der Waals surface area (Å²) in [6.45, 7) is 5.89. The van der Waals surface area contributed by atoms with E-state index in [0.29, 0.717) is 6.42 Å². The van der Waals surface area contributed by atoms with E-state index in [9.17, 15) is 18.0 Å². The Bertz CT molecular complexity index is 786. The molecule has 0 spiro atoms. The Morgan fingerprint density at radius 1 is 1.26 bits per heavy atom. The molecule has 0 fully saturated rings. The summed E-state index contributed by atoms with van der Waals surface area (Å²) in [5.74, 6) is -2.91. The van der Waals surface area contributed by atoms with Crippen molar-refractivity contribution in [1.29, 1.82) is 0 Å². The van der Waals surface area contributed by atoms with Crippen LogP contribution >= 0.6 is 0 Å². The van der Waals surface area contributed by atoms with Gasteiger partial charge in [0, 0.05) is 17.1 Å². The van der Waals surface area contributed by atoms with E-state index in [1.807, 2.05) is 49.6 Å². The number of imidazole rings is 1. The molecule has 0 saturated heterocycles. The molecule has 1 atom stereocenters. The molecule has 2 aromatic rings. The number of hydrogen-bond acceptors (Lipinski definition) is 4. The predicted molar refractivity (Wildman–Crippen MR) is 93.6 cm³/mol.